The maximum Gasteiger partial charge on any atom is 0.0299 e. The molecule has 0 unspecified atom stereocenters. The molecule has 1 aromatic rings. The largest absolute Gasteiger partial charge is 0.312 e. The quantitative estimate of drug-likeness (QED) is 0.795. The van der Waals surface area contributed by atoms with Gasteiger partial charge in [-0.3, -0.25) is 4.98 Å². The van der Waals surface area contributed by atoms with Crippen LogP contribution < -0.4 is 5.32 Å². The average Bonchev–Trinajstić information content (AvgIpc) is 2.06. The summed E-state index contributed by atoms with van der Waals surface area (Å²) in [6.07, 6.45) is 4.86. The molecule has 0 aliphatic heterocycles. The van der Waals surface area contributed by atoms with Gasteiger partial charge in [-0.05, 0) is 57.9 Å². The topological polar surface area (TPSA) is 24.9 Å². The summed E-state index contributed by atoms with van der Waals surface area (Å²) in [5, 5.41) is 3.48. The molecule has 0 aromatic carbocycles. The lowest BCUT2D eigenvalue weighted by Crippen LogP contribution is -2.37. The van der Waals surface area contributed by atoms with Crippen molar-refractivity contribution in [3.05, 3.63) is 29.6 Å². The Morgan fingerprint density at radius 1 is 1.36 bits per heavy atom. The zero-order chi connectivity index (χ0) is 10.6. The molecule has 0 saturated heterocycles. The molecule has 0 fully saturated rings. The minimum Gasteiger partial charge on any atom is -0.312 e. The van der Waals surface area contributed by atoms with Gasteiger partial charge in [-0.15, -0.1) is 0 Å². The Bertz CT molecular complexity index is 287. The lowest BCUT2D eigenvalue weighted by molar-refractivity contribution is 0.429. The third kappa shape index (κ3) is 3.88. The van der Waals surface area contributed by atoms with Crippen molar-refractivity contribution >= 4 is 0 Å². The number of hydrogen-bond donors (Lipinski definition) is 1. The molecule has 1 heterocycles. The zero-order valence-electron chi connectivity index (χ0n) is 9.59. The SMILES string of the molecule is Cc1cnccc1CCNC(C)(C)C. The zero-order valence-corrected chi connectivity index (χ0v) is 9.59. The highest BCUT2D eigenvalue weighted by molar-refractivity contribution is 5.21. The van der Waals surface area contributed by atoms with Crippen LogP contribution in [-0.2, 0) is 6.42 Å². The molecule has 2 nitrogen and oxygen atoms in total. The third-order valence-electron chi connectivity index (χ3n) is 2.19. The van der Waals surface area contributed by atoms with Crippen LogP contribution in [0.15, 0.2) is 18.5 Å². The van der Waals surface area contributed by atoms with E-state index in [9.17, 15) is 0 Å². The van der Waals surface area contributed by atoms with Crippen molar-refractivity contribution < 1.29 is 0 Å². The molecule has 0 bridgehead atoms. The van der Waals surface area contributed by atoms with E-state index in [2.05, 4.69) is 44.1 Å². The first-order chi connectivity index (χ1) is 6.49. The molecule has 0 spiro atoms. The number of nitrogens with zero attached hydrogens (tertiary/aromatic N) is 1. The van der Waals surface area contributed by atoms with Gasteiger partial charge in [0.15, 0.2) is 0 Å². The van der Waals surface area contributed by atoms with Gasteiger partial charge in [0, 0.05) is 17.9 Å². The smallest absolute Gasteiger partial charge is 0.0299 e. The molecule has 0 atom stereocenters. The summed E-state index contributed by atoms with van der Waals surface area (Å²) in [5.74, 6) is 0. The van der Waals surface area contributed by atoms with Crippen molar-refractivity contribution in [1.29, 1.82) is 0 Å². The predicted octanol–water partition coefficient (Wildman–Crippen LogP) is 2.32. The predicted molar refractivity (Wildman–Crippen MR) is 60.4 cm³/mol. The van der Waals surface area contributed by atoms with Gasteiger partial charge >= 0.3 is 0 Å². The average molecular weight is 192 g/mol. The fourth-order valence-corrected chi connectivity index (χ4v) is 1.35. The number of rotatable bonds is 3. The highest BCUT2D eigenvalue weighted by Crippen LogP contribution is 2.06. The maximum absolute atomic E-state index is 4.08. The molecule has 78 valence electrons. The summed E-state index contributed by atoms with van der Waals surface area (Å²) >= 11 is 0. The van der Waals surface area contributed by atoms with E-state index in [1.807, 2.05) is 12.4 Å². The van der Waals surface area contributed by atoms with Gasteiger partial charge in [-0.2, -0.15) is 0 Å². The molecule has 1 aromatic heterocycles. The molecular weight excluding hydrogens is 172 g/mol. The standard InChI is InChI=1S/C12H20N2/c1-10-9-13-7-5-11(10)6-8-14-12(2,3)4/h5,7,9,14H,6,8H2,1-4H3. The lowest BCUT2D eigenvalue weighted by atomic mass is 10.1. The Balaban J connectivity index is 2.43. The van der Waals surface area contributed by atoms with Crippen LogP contribution in [0, 0.1) is 6.92 Å². The Kier molecular flexibility index (Phi) is 3.64. The molecule has 0 aliphatic rings. The van der Waals surface area contributed by atoms with Crippen molar-refractivity contribution in [2.24, 2.45) is 0 Å². The molecule has 0 aliphatic carbocycles. The molecule has 0 amide bonds. The first-order valence-corrected chi connectivity index (χ1v) is 5.13. The van der Waals surface area contributed by atoms with Gasteiger partial charge in [0.25, 0.3) is 0 Å². The summed E-state index contributed by atoms with van der Waals surface area (Å²) in [4.78, 5) is 4.08. The van der Waals surface area contributed by atoms with Crippen molar-refractivity contribution in [1.82, 2.24) is 10.3 Å². The van der Waals surface area contributed by atoms with Crippen LogP contribution in [0.25, 0.3) is 0 Å². The van der Waals surface area contributed by atoms with Crippen LogP contribution in [-0.4, -0.2) is 17.1 Å². The van der Waals surface area contributed by atoms with E-state index >= 15 is 0 Å². The van der Waals surface area contributed by atoms with Crippen molar-refractivity contribution in [3.63, 3.8) is 0 Å². The third-order valence-corrected chi connectivity index (χ3v) is 2.19. The number of aryl methyl sites for hydroxylation is 1. The van der Waals surface area contributed by atoms with Crippen molar-refractivity contribution in [2.75, 3.05) is 6.54 Å². The Morgan fingerprint density at radius 3 is 2.64 bits per heavy atom. The van der Waals surface area contributed by atoms with E-state index in [0.29, 0.717) is 0 Å². The van der Waals surface area contributed by atoms with Gasteiger partial charge in [0.1, 0.15) is 0 Å². The van der Waals surface area contributed by atoms with Crippen LogP contribution in [0.2, 0.25) is 0 Å². The van der Waals surface area contributed by atoms with Crippen LogP contribution in [0.1, 0.15) is 31.9 Å². The van der Waals surface area contributed by atoms with Crippen LogP contribution in [0.4, 0.5) is 0 Å². The normalized spacial score (nSPS) is 11.7. The van der Waals surface area contributed by atoms with E-state index in [4.69, 9.17) is 0 Å². The molecule has 0 radical (unpaired) electrons. The first-order valence-electron chi connectivity index (χ1n) is 5.13. The van der Waals surface area contributed by atoms with E-state index < -0.39 is 0 Å². The Hall–Kier alpha value is -0.890. The van der Waals surface area contributed by atoms with E-state index in [-0.39, 0.29) is 5.54 Å². The van der Waals surface area contributed by atoms with Crippen LogP contribution in [0.5, 0.6) is 0 Å². The van der Waals surface area contributed by atoms with Crippen molar-refractivity contribution in [3.8, 4) is 0 Å². The summed E-state index contributed by atoms with van der Waals surface area (Å²) in [7, 11) is 0. The molecule has 0 saturated carbocycles. The minimum absolute atomic E-state index is 0.209. The van der Waals surface area contributed by atoms with Gasteiger partial charge in [0.05, 0.1) is 0 Å². The second kappa shape index (κ2) is 4.56. The number of hydrogen-bond acceptors (Lipinski definition) is 2. The molecular formula is C12H20N2. The fourth-order valence-electron chi connectivity index (χ4n) is 1.35. The Morgan fingerprint density at radius 2 is 2.07 bits per heavy atom. The van der Waals surface area contributed by atoms with Crippen molar-refractivity contribution in [2.45, 2.75) is 39.7 Å². The summed E-state index contributed by atoms with van der Waals surface area (Å²) in [6.45, 7) is 9.69. The van der Waals surface area contributed by atoms with Gasteiger partial charge in [-0.25, -0.2) is 0 Å². The fraction of sp³-hybridized carbons (Fsp3) is 0.583. The molecule has 1 N–H and O–H groups in total. The number of pyridine rings is 1. The summed E-state index contributed by atoms with van der Waals surface area (Å²) in [6, 6.07) is 2.10. The minimum atomic E-state index is 0.209. The highest BCUT2D eigenvalue weighted by atomic mass is 14.9. The van der Waals surface area contributed by atoms with Crippen LogP contribution >= 0.6 is 0 Å². The number of aromatic nitrogens is 1. The highest BCUT2D eigenvalue weighted by Gasteiger charge is 2.07. The van der Waals surface area contributed by atoms with Gasteiger partial charge < -0.3 is 5.32 Å². The molecule has 2 heteroatoms. The summed E-state index contributed by atoms with van der Waals surface area (Å²) < 4.78 is 0. The lowest BCUT2D eigenvalue weighted by Gasteiger charge is -2.20. The second-order valence-corrected chi connectivity index (χ2v) is 4.73. The Labute approximate surface area is 86.8 Å². The second-order valence-electron chi connectivity index (χ2n) is 4.73. The number of nitrogens with one attached hydrogen (secondary N) is 1. The van der Waals surface area contributed by atoms with E-state index in [0.717, 1.165) is 13.0 Å². The van der Waals surface area contributed by atoms with Gasteiger partial charge in [-0.1, -0.05) is 0 Å². The van der Waals surface area contributed by atoms with Gasteiger partial charge in [0.2, 0.25) is 0 Å². The molecule has 14 heavy (non-hydrogen) atoms. The van der Waals surface area contributed by atoms with E-state index in [1.54, 1.807) is 0 Å². The monoisotopic (exact) mass is 192 g/mol. The van der Waals surface area contributed by atoms with E-state index in [1.165, 1.54) is 11.1 Å². The molecule has 1 rings (SSSR count). The first kappa shape index (κ1) is 11.2. The maximum atomic E-state index is 4.08. The summed E-state index contributed by atoms with van der Waals surface area (Å²) in [5.41, 5.74) is 2.88. The van der Waals surface area contributed by atoms with Crippen LogP contribution in [0.3, 0.4) is 0 Å².